The van der Waals surface area contributed by atoms with E-state index < -0.39 is 0 Å². The molecule has 2 heteroatoms. The lowest BCUT2D eigenvalue weighted by Gasteiger charge is -2.49. The minimum absolute atomic E-state index is 0.628. The lowest BCUT2D eigenvalue weighted by Crippen LogP contribution is -2.60. The third kappa shape index (κ3) is 0.663. The van der Waals surface area contributed by atoms with Gasteiger partial charge in [-0.1, -0.05) is 6.92 Å². The van der Waals surface area contributed by atoms with E-state index in [0.29, 0.717) is 5.41 Å². The Morgan fingerprint density at radius 1 is 1.30 bits per heavy atom. The molecule has 0 aromatic rings. The number of nitrogens with zero attached hydrogens (tertiary/aromatic N) is 2. The van der Waals surface area contributed by atoms with Crippen molar-refractivity contribution in [1.29, 1.82) is 0 Å². The highest BCUT2D eigenvalue weighted by atomic mass is 15.3. The van der Waals surface area contributed by atoms with Gasteiger partial charge in [0.1, 0.15) is 0 Å². The minimum atomic E-state index is 0.628. The zero-order valence-electron chi connectivity index (χ0n) is 7.09. The molecule has 0 amide bonds. The number of rotatable bonds is 0. The lowest BCUT2D eigenvalue weighted by atomic mass is 9.76. The molecular formula is C8H16N2. The Hall–Kier alpha value is -0.0800. The van der Waals surface area contributed by atoms with Crippen LogP contribution in [0.5, 0.6) is 0 Å². The molecule has 0 N–H and O–H groups in total. The largest absolute Gasteiger partial charge is 0.304 e. The number of likely N-dealkylation sites (N-methyl/N-ethyl adjacent to an activating group) is 2. The van der Waals surface area contributed by atoms with E-state index in [-0.39, 0.29) is 0 Å². The molecule has 10 heavy (non-hydrogen) atoms. The average Bonchev–Trinajstić information content (AvgIpc) is 2.03. The predicted molar refractivity (Wildman–Crippen MR) is 42.0 cm³/mol. The third-order valence-corrected chi connectivity index (χ3v) is 3.06. The van der Waals surface area contributed by atoms with Crippen molar-refractivity contribution in [2.75, 3.05) is 33.7 Å². The average molecular weight is 140 g/mol. The highest BCUT2D eigenvalue weighted by Gasteiger charge is 2.51. The molecule has 0 aliphatic carbocycles. The van der Waals surface area contributed by atoms with Crippen molar-refractivity contribution >= 4 is 0 Å². The van der Waals surface area contributed by atoms with Crippen LogP contribution in [0.3, 0.4) is 0 Å². The van der Waals surface area contributed by atoms with Gasteiger partial charge in [-0.05, 0) is 14.1 Å². The van der Waals surface area contributed by atoms with Gasteiger partial charge in [-0.2, -0.15) is 0 Å². The number of fused-ring (bicyclic) bond motifs is 1. The van der Waals surface area contributed by atoms with E-state index in [1.54, 1.807) is 0 Å². The van der Waals surface area contributed by atoms with Gasteiger partial charge in [-0.15, -0.1) is 0 Å². The van der Waals surface area contributed by atoms with Crippen LogP contribution >= 0.6 is 0 Å². The second-order valence-corrected chi connectivity index (χ2v) is 4.28. The van der Waals surface area contributed by atoms with Crippen molar-refractivity contribution in [2.24, 2.45) is 5.41 Å². The fraction of sp³-hybridized carbons (Fsp3) is 1.00. The summed E-state index contributed by atoms with van der Waals surface area (Å²) in [5.74, 6) is 0. The van der Waals surface area contributed by atoms with E-state index in [2.05, 4.69) is 30.8 Å². The first-order chi connectivity index (χ1) is 4.62. The minimum Gasteiger partial charge on any atom is -0.304 e. The second kappa shape index (κ2) is 1.74. The van der Waals surface area contributed by atoms with Gasteiger partial charge in [-0.25, -0.2) is 0 Å². The van der Waals surface area contributed by atoms with Crippen molar-refractivity contribution in [2.45, 2.75) is 13.0 Å². The predicted octanol–water partition coefficient (Wildman–Crippen LogP) is 0.252. The van der Waals surface area contributed by atoms with Crippen LogP contribution in [-0.4, -0.2) is 49.6 Å². The summed E-state index contributed by atoms with van der Waals surface area (Å²) in [7, 11) is 4.45. The van der Waals surface area contributed by atoms with Crippen molar-refractivity contribution in [3.05, 3.63) is 0 Å². The smallest absolute Gasteiger partial charge is 0.0298 e. The molecule has 0 spiro atoms. The van der Waals surface area contributed by atoms with Gasteiger partial charge >= 0.3 is 0 Å². The molecule has 0 unspecified atom stereocenters. The fourth-order valence-electron chi connectivity index (χ4n) is 2.70. The molecule has 0 saturated carbocycles. The first-order valence-corrected chi connectivity index (χ1v) is 4.01. The maximum atomic E-state index is 2.46. The molecule has 2 rings (SSSR count). The SMILES string of the molecule is CN1C[C@H]2N(C)C[C@@]2(C)C1. The van der Waals surface area contributed by atoms with Crippen LogP contribution in [0.25, 0.3) is 0 Å². The number of likely N-dealkylation sites (tertiary alicyclic amines) is 2. The van der Waals surface area contributed by atoms with E-state index in [4.69, 9.17) is 0 Å². The van der Waals surface area contributed by atoms with E-state index in [1.165, 1.54) is 19.6 Å². The summed E-state index contributed by atoms with van der Waals surface area (Å²) in [4.78, 5) is 4.90. The molecule has 2 nitrogen and oxygen atoms in total. The summed E-state index contributed by atoms with van der Waals surface area (Å²) in [6.07, 6.45) is 0. The van der Waals surface area contributed by atoms with E-state index in [9.17, 15) is 0 Å². The topological polar surface area (TPSA) is 6.48 Å². The van der Waals surface area contributed by atoms with Gasteiger partial charge < -0.3 is 9.80 Å². The molecule has 0 aromatic heterocycles. The first kappa shape index (κ1) is 6.62. The Balaban J connectivity index is 2.12. The van der Waals surface area contributed by atoms with Gasteiger partial charge in [0.15, 0.2) is 0 Å². The summed E-state index contributed by atoms with van der Waals surface area (Å²) >= 11 is 0. The molecule has 0 bridgehead atoms. The first-order valence-electron chi connectivity index (χ1n) is 4.01. The van der Waals surface area contributed by atoms with Crippen molar-refractivity contribution < 1.29 is 0 Å². The monoisotopic (exact) mass is 140 g/mol. The third-order valence-electron chi connectivity index (χ3n) is 3.06. The molecule has 2 saturated heterocycles. The molecular weight excluding hydrogens is 124 g/mol. The fourth-order valence-corrected chi connectivity index (χ4v) is 2.70. The molecule has 2 aliphatic rings. The molecule has 2 heterocycles. The van der Waals surface area contributed by atoms with Gasteiger partial charge in [0, 0.05) is 31.1 Å². The van der Waals surface area contributed by atoms with Crippen LogP contribution in [0.15, 0.2) is 0 Å². The molecule has 2 aliphatic heterocycles. The molecule has 0 aromatic carbocycles. The van der Waals surface area contributed by atoms with Crippen LogP contribution in [0.2, 0.25) is 0 Å². The van der Waals surface area contributed by atoms with Crippen molar-refractivity contribution in [3.63, 3.8) is 0 Å². The van der Waals surface area contributed by atoms with Crippen LogP contribution < -0.4 is 0 Å². The Morgan fingerprint density at radius 2 is 2.00 bits per heavy atom. The lowest BCUT2D eigenvalue weighted by molar-refractivity contribution is -0.00128. The highest BCUT2D eigenvalue weighted by Crippen LogP contribution is 2.41. The Kier molecular flexibility index (Phi) is 1.15. The second-order valence-electron chi connectivity index (χ2n) is 4.28. The van der Waals surface area contributed by atoms with Gasteiger partial charge in [0.25, 0.3) is 0 Å². The molecule has 0 radical (unpaired) electrons. The molecule has 2 atom stereocenters. The number of hydrogen-bond acceptors (Lipinski definition) is 2. The van der Waals surface area contributed by atoms with Crippen molar-refractivity contribution in [1.82, 2.24) is 9.80 Å². The zero-order chi connectivity index (χ0) is 7.35. The Labute approximate surface area is 62.8 Å². The van der Waals surface area contributed by atoms with Crippen LogP contribution in [0.1, 0.15) is 6.92 Å². The van der Waals surface area contributed by atoms with Crippen LogP contribution in [-0.2, 0) is 0 Å². The van der Waals surface area contributed by atoms with E-state index in [1.807, 2.05) is 0 Å². The summed E-state index contributed by atoms with van der Waals surface area (Å²) in [5.41, 5.74) is 0.628. The molecule has 2 fully saturated rings. The number of hydrogen-bond donors (Lipinski definition) is 0. The summed E-state index contributed by atoms with van der Waals surface area (Å²) in [6.45, 7) is 6.26. The molecule has 58 valence electrons. The Morgan fingerprint density at radius 3 is 2.40 bits per heavy atom. The van der Waals surface area contributed by atoms with Crippen molar-refractivity contribution in [3.8, 4) is 0 Å². The quantitative estimate of drug-likeness (QED) is 0.476. The standard InChI is InChI=1S/C8H16N2/c1-8-5-9(2)4-7(8)10(3)6-8/h7H,4-6H2,1-3H3/t7-,8-/m1/s1. The van der Waals surface area contributed by atoms with E-state index in [0.717, 1.165) is 6.04 Å². The van der Waals surface area contributed by atoms with Gasteiger partial charge in [0.2, 0.25) is 0 Å². The maximum Gasteiger partial charge on any atom is 0.0298 e. The Bertz CT molecular complexity index is 157. The highest BCUT2D eigenvalue weighted by molar-refractivity contribution is 5.07. The van der Waals surface area contributed by atoms with Gasteiger partial charge in [-0.3, -0.25) is 0 Å². The summed E-state index contributed by atoms with van der Waals surface area (Å²) < 4.78 is 0. The van der Waals surface area contributed by atoms with E-state index >= 15 is 0 Å². The van der Waals surface area contributed by atoms with Crippen LogP contribution in [0.4, 0.5) is 0 Å². The zero-order valence-corrected chi connectivity index (χ0v) is 7.09. The normalized spacial score (nSPS) is 48.9. The van der Waals surface area contributed by atoms with Gasteiger partial charge in [0.05, 0.1) is 0 Å². The van der Waals surface area contributed by atoms with Crippen LogP contribution in [0, 0.1) is 5.41 Å². The summed E-state index contributed by atoms with van der Waals surface area (Å²) in [6, 6.07) is 0.845. The maximum absolute atomic E-state index is 2.46. The summed E-state index contributed by atoms with van der Waals surface area (Å²) in [5, 5.41) is 0.